The van der Waals surface area contributed by atoms with E-state index >= 15 is 0 Å². The first-order chi connectivity index (χ1) is 16.1. The number of ether oxygens (including phenoxy) is 1. The minimum absolute atomic E-state index is 0.0503. The molecular weight excluding hydrogens is 421 g/mol. The van der Waals surface area contributed by atoms with E-state index < -0.39 is 0 Å². The molecule has 1 aliphatic rings. The van der Waals surface area contributed by atoms with E-state index in [1.165, 1.54) is 6.07 Å². The first-order valence-corrected chi connectivity index (χ1v) is 10.7. The van der Waals surface area contributed by atoms with Gasteiger partial charge < -0.3 is 14.2 Å². The highest BCUT2D eigenvalue weighted by molar-refractivity contribution is 5.96. The van der Waals surface area contributed by atoms with E-state index in [1.807, 2.05) is 54.6 Å². The lowest BCUT2D eigenvalue weighted by Crippen LogP contribution is -2.24. The summed E-state index contributed by atoms with van der Waals surface area (Å²) in [6.07, 6.45) is 0.268. The van der Waals surface area contributed by atoms with Crippen LogP contribution in [0.15, 0.2) is 77.3 Å². The number of nitrogens with zero attached hydrogens (tertiary/aromatic N) is 3. The summed E-state index contributed by atoms with van der Waals surface area (Å²) in [7, 11) is 0. The first kappa shape index (κ1) is 20.9. The average molecular weight is 443 g/mol. The number of carbonyl (C=O) groups excluding carboxylic acids is 1. The lowest BCUT2D eigenvalue weighted by Gasteiger charge is -2.16. The van der Waals surface area contributed by atoms with Gasteiger partial charge in [-0.1, -0.05) is 35.5 Å². The number of hydrogen-bond acceptors (Lipinski definition) is 5. The van der Waals surface area contributed by atoms with Crippen molar-refractivity contribution >= 4 is 11.6 Å². The fourth-order valence-corrected chi connectivity index (χ4v) is 3.88. The molecule has 0 aliphatic carbocycles. The zero-order valence-electron chi connectivity index (χ0n) is 18.1. The van der Waals surface area contributed by atoms with Crippen LogP contribution >= 0.6 is 0 Å². The molecule has 2 heterocycles. The first-order valence-electron chi connectivity index (χ1n) is 10.7. The van der Waals surface area contributed by atoms with E-state index in [0.29, 0.717) is 36.1 Å². The van der Waals surface area contributed by atoms with E-state index in [9.17, 15) is 9.18 Å². The largest absolute Gasteiger partial charge is 0.489 e. The van der Waals surface area contributed by atoms with Crippen molar-refractivity contribution in [3.8, 4) is 17.1 Å². The number of anilines is 1. The maximum atomic E-state index is 13.6. The summed E-state index contributed by atoms with van der Waals surface area (Å²) in [5, 5.41) is 4.10. The third-order valence-electron chi connectivity index (χ3n) is 5.73. The molecule has 1 aliphatic heterocycles. The molecule has 0 bridgehead atoms. The molecule has 0 N–H and O–H groups in total. The van der Waals surface area contributed by atoms with Crippen LogP contribution in [0.3, 0.4) is 0 Å². The van der Waals surface area contributed by atoms with Gasteiger partial charge in [-0.2, -0.15) is 4.98 Å². The summed E-state index contributed by atoms with van der Waals surface area (Å²) >= 11 is 0. The van der Waals surface area contributed by atoms with E-state index in [-0.39, 0.29) is 24.1 Å². The quantitative estimate of drug-likeness (QED) is 0.405. The van der Waals surface area contributed by atoms with Crippen LogP contribution in [-0.4, -0.2) is 22.6 Å². The fourth-order valence-electron chi connectivity index (χ4n) is 3.88. The molecule has 1 aromatic heterocycles. The molecule has 4 aromatic rings. The van der Waals surface area contributed by atoms with Crippen LogP contribution in [0.2, 0.25) is 0 Å². The minimum atomic E-state index is -0.292. The number of aryl methyl sites for hydroxylation is 1. The van der Waals surface area contributed by atoms with Gasteiger partial charge in [0.1, 0.15) is 18.2 Å². The standard InChI is InChI=1S/C26H22FN3O3/c1-17-13-21(9-12-23(17)27)30-15-20(14-24(30)31)26-28-25(29-33-26)19-7-10-22(11-8-19)32-16-18-5-3-2-4-6-18/h2-13,20H,14-16H2,1H3. The van der Waals surface area contributed by atoms with Gasteiger partial charge in [-0.15, -0.1) is 0 Å². The van der Waals surface area contributed by atoms with Crippen LogP contribution in [0.5, 0.6) is 5.75 Å². The van der Waals surface area contributed by atoms with Crippen LogP contribution in [0.1, 0.15) is 29.4 Å². The minimum Gasteiger partial charge on any atom is -0.489 e. The predicted molar refractivity (Wildman–Crippen MR) is 121 cm³/mol. The molecule has 0 saturated carbocycles. The third kappa shape index (κ3) is 4.48. The lowest BCUT2D eigenvalue weighted by molar-refractivity contribution is -0.117. The Morgan fingerprint density at radius 1 is 1.09 bits per heavy atom. The Kier molecular flexibility index (Phi) is 5.60. The molecule has 0 spiro atoms. The summed E-state index contributed by atoms with van der Waals surface area (Å²) in [6.45, 7) is 2.59. The summed E-state index contributed by atoms with van der Waals surface area (Å²) in [5.41, 5.74) is 3.07. The smallest absolute Gasteiger partial charge is 0.232 e. The fraction of sp³-hybridized carbons (Fsp3) is 0.192. The number of halogens is 1. The normalized spacial score (nSPS) is 15.8. The van der Waals surface area contributed by atoms with E-state index in [0.717, 1.165) is 16.9 Å². The Hall–Kier alpha value is -4.00. The number of rotatable bonds is 6. The Labute approximate surface area is 190 Å². The molecule has 166 valence electrons. The van der Waals surface area contributed by atoms with Gasteiger partial charge in [0.15, 0.2) is 0 Å². The Balaban J connectivity index is 1.25. The maximum absolute atomic E-state index is 13.6. The van der Waals surface area contributed by atoms with Gasteiger partial charge in [-0.05, 0) is 60.5 Å². The monoisotopic (exact) mass is 443 g/mol. The van der Waals surface area contributed by atoms with Gasteiger partial charge in [-0.25, -0.2) is 4.39 Å². The van der Waals surface area contributed by atoms with Crippen molar-refractivity contribution in [1.82, 2.24) is 10.1 Å². The molecule has 5 rings (SSSR count). The van der Waals surface area contributed by atoms with Crippen molar-refractivity contribution in [3.63, 3.8) is 0 Å². The highest BCUT2D eigenvalue weighted by Gasteiger charge is 2.35. The van der Waals surface area contributed by atoms with Gasteiger partial charge in [0.25, 0.3) is 0 Å². The maximum Gasteiger partial charge on any atom is 0.232 e. The van der Waals surface area contributed by atoms with Gasteiger partial charge >= 0.3 is 0 Å². The van der Waals surface area contributed by atoms with Crippen molar-refractivity contribution in [2.45, 2.75) is 25.9 Å². The van der Waals surface area contributed by atoms with Gasteiger partial charge in [0.05, 0.1) is 5.92 Å². The van der Waals surface area contributed by atoms with Crippen molar-refractivity contribution < 1.29 is 18.4 Å². The van der Waals surface area contributed by atoms with Crippen molar-refractivity contribution in [3.05, 3.63) is 95.6 Å². The highest BCUT2D eigenvalue weighted by Crippen LogP contribution is 2.33. The molecule has 1 unspecified atom stereocenters. The summed E-state index contributed by atoms with van der Waals surface area (Å²) < 4.78 is 24.9. The topological polar surface area (TPSA) is 68.5 Å². The average Bonchev–Trinajstić information content (AvgIpc) is 3.48. The van der Waals surface area contributed by atoms with Crippen LogP contribution in [0.25, 0.3) is 11.4 Å². The molecule has 1 saturated heterocycles. The summed E-state index contributed by atoms with van der Waals surface area (Å²) in [4.78, 5) is 18.7. The predicted octanol–water partition coefficient (Wildman–Crippen LogP) is 5.28. The second kappa shape index (κ2) is 8.86. The molecule has 1 amide bonds. The Morgan fingerprint density at radius 3 is 2.64 bits per heavy atom. The summed E-state index contributed by atoms with van der Waals surface area (Å²) in [6, 6.07) is 22.1. The molecule has 3 aromatic carbocycles. The number of benzene rings is 3. The van der Waals surface area contributed by atoms with Crippen molar-refractivity contribution in [2.75, 3.05) is 11.4 Å². The SMILES string of the molecule is Cc1cc(N2CC(c3nc(-c4ccc(OCc5ccccc5)cc4)no3)CC2=O)ccc1F. The number of aromatic nitrogens is 2. The molecule has 7 heteroatoms. The molecule has 6 nitrogen and oxygen atoms in total. The van der Waals surface area contributed by atoms with Crippen LogP contribution < -0.4 is 9.64 Å². The molecule has 33 heavy (non-hydrogen) atoms. The zero-order chi connectivity index (χ0) is 22.8. The van der Waals surface area contributed by atoms with Gasteiger partial charge in [-0.3, -0.25) is 4.79 Å². The second-order valence-corrected chi connectivity index (χ2v) is 8.09. The summed E-state index contributed by atoms with van der Waals surface area (Å²) in [5.74, 6) is 1.08. The van der Waals surface area contributed by atoms with Crippen LogP contribution in [-0.2, 0) is 11.4 Å². The van der Waals surface area contributed by atoms with Crippen LogP contribution in [0.4, 0.5) is 10.1 Å². The molecule has 1 fully saturated rings. The Bertz CT molecular complexity index is 1270. The van der Waals surface area contributed by atoms with E-state index in [1.54, 1.807) is 24.0 Å². The number of amides is 1. The molecular formula is C26H22FN3O3. The number of carbonyl (C=O) groups is 1. The zero-order valence-corrected chi connectivity index (χ0v) is 18.1. The molecule has 1 atom stereocenters. The second-order valence-electron chi connectivity index (χ2n) is 8.09. The van der Waals surface area contributed by atoms with E-state index in [4.69, 9.17) is 9.26 Å². The number of hydrogen-bond donors (Lipinski definition) is 0. The van der Waals surface area contributed by atoms with Crippen molar-refractivity contribution in [1.29, 1.82) is 0 Å². The van der Waals surface area contributed by atoms with Gasteiger partial charge in [0, 0.05) is 24.2 Å². The van der Waals surface area contributed by atoms with Gasteiger partial charge in [0.2, 0.25) is 17.6 Å². The Morgan fingerprint density at radius 2 is 1.88 bits per heavy atom. The van der Waals surface area contributed by atoms with E-state index in [2.05, 4.69) is 10.1 Å². The lowest BCUT2D eigenvalue weighted by atomic mass is 10.1. The highest BCUT2D eigenvalue weighted by atomic mass is 19.1. The third-order valence-corrected chi connectivity index (χ3v) is 5.73. The van der Waals surface area contributed by atoms with Crippen molar-refractivity contribution in [2.24, 2.45) is 0 Å². The molecule has 0 radical (unpaired) electrons. The van der Waals surface area contributed by atoms with Crippen LogP contribution in [0, 0.1) is 12.7 Å².